The van der Waals surface area contributed by atoms with Crippen molar-refractivity contribution in [2.45, 2.75) is 6.92 Å². The lowest BCUT2D eigenvalue weighted by Crippen LogP contribution is -2.01. The molecule has 2 rings (SSSR count). The lowest BCUT2D eigenvalue weighted by molar-refractivity contribution is 0.0441. The molecule has 0 aromatic carbocycles. The number of rotatable bonds is 1. The number of ether oxygens (including phenoxy) is 2. The maximum Gasteiger partial charge on any atom is 0.365 e. The maximum atomic E-state index is 11.2. The molecule has 0 amide bonds. The number of hydrogen-bond donors (Lipinski definition) is 0. The molecule has 2 heterocycles. The van der Waals surface area contributed by atoms with Crippen LogP contribution in [0, 0.1) is 6.92 Å². The average molecular weight is 193 g/mol. The first kappa shape index (κ1) is 8.68. The number of nitrogens with zero attached hydrogens (tertiary/aromatic N) is 1. The van der Waals surface area contributed by atoms with Gasteiger partial charge in [-0.05, 0) is 6.92 Å². The molecule has 5 nitrogen and oxygen atoms in total. The summed E-state index contributed by atoms with van der Waals surface area (Å²) in [5.41, 5.74) is 0.844. The SMILES string of the molecule is COc1cnc2c(c1C)C(=O)OC2=O. The Kier molecular flexibility index (Phi) is 1.73. The highest BCUT2D eigenvalue weighted by Gasteiger charge is 2.34. The van der Waals surface area contributed by atoms with Crippen molar-refractivity contribution in [2.75, 3.05) is 7.11 Å². The number of cyclic esters (lactones) is 2. The minimum atomic E-state index is -0.698. The molecule has 0 aliphatic carbocycles. The number of pyridine rings is 1. The molecule has 1 aromatic rings. The van der Waals surface area contributed by atoms with E-state index in [9.17, 15) is 9.59 Å². The van der Waals surface area contributed by atoms with E-state index in [-0.39, 0.29) is 11.3 Å². The number of carbonyl (C=O) groups excluding carboxylic acids is 2. The van der Waals surface area contributed by atoms with Crippen molar-refractivity contribution in [3.05, 3.63) is 23.0 Å². The molecule has 0 bridgehead atoms. The lowest BCUT2D eigenvalue weighted by atomic mass is 10.1. The van der Waals surface area contributed by atoms with Gasteiger partial charge >= 0.3 is 11.9 Å². The van der Waals surface area contributed by atoms with E-state index in [2.05, 4.69) is 9.72 Å². The monoisotopic (exact) mass is 193 g/mol. The van der Waals surface area contributed by atoms with Gasteiger partial charge in [-0.25, -0.2) is 14.6 Å². The molecule has 0 saturated heterocycles. The number of esters is 2. The summed E-state index contributed by atoms with van der Waals surface area (Å²) in [7, 11) is 1.47. The van der Waals surface area contributed by atoms with E-state index >= 15 is 0 Å². The zero-order valence-electron chi connectivity index (χ0n) is 7.66. The van der Waals surface area contributed by atoms with Gasteiger partial charge in [0.05, 0.1) is 18.9 Å². The Balaban J connectivity index is 2.70. The van der Waals surface area contributed by atoms with Crippen molar-refractivity contribution in [2.24, 2.45) is 0 Å². The van der Waals surface area contributed by atoms with Gasteiger partial charge in [-0.3, -0.25) is 0 Å². The predicted octanol–water partition coefficient (Wildman–Crippen LogP) is 0.709. The quantitative estimate of drug-likeness (QED) is 0.485. The van der Waals surface area contributed by atoms with Gasteiger partial charge in [0.15, 0.2) is 5.69 Å². The van der Waals surface area contributed by atoms with Crippen molar-refractivity contribution < 1.29 is 19.1 Å². The number of methoxy groups -OCH3 is 1. The molecule has 72 valence electrons. The topological polar surface area (TPSA) is 65.5 Å². The molecule has 1 aliphatic heterocycles. The summed E-state index contributed by atoms with van der Waals surface area (Å²) in [5.74, 6) is -0.889. The Morgan fingerprint density at radius 2 is 2.07 bits per heavy atom. The highest BCUT2D eigenvalue weighted by Crippen LogP contribution is 2.27. The van der Waals surface area contributed by atoms with Crippen LogP contribution in [0.5, 0.6) is 5.75 Å². The molecule has 1 aromatic heterocycles. The van der Waals surface area contributed by atoms with Crippen molar-refractivity contribution in [1.29, 1.82) is 0 Å². The van der Waals surface area contributed by atoms with Crippen LogP contribution >= 0.6 is 0 Å². The predicted molar refractivity (Wildman–Crippen MR) is 45.3 cm³/mol. The van der Waals surface area contributed by atoms with Gasteiger partial charge in [-0.1, -0.05) is 0 Å². The van der Waals surface area contributed by atoms with Gasteiger partial charge in [0, 0.05) is 5.56 Å². The third-order valence-electron chi connectivity index (χ3n) is 2.10. The molecular formula is C9H7NO4. The van der Waals surface area contributed by atoms with Gasteiger partial charge < -0.3 is 9.47 Å². The van der Waals surface area contributed by atoms with E-state index in [4.69, 9.17) is 4.74 Å². The number of hydrogen-bond acceptors (Lipinski definition) is 5. The molecule has 0 fully saturated rings. The fraction of sp³-hybridized carbons (Fsp3) is 0.222. The second kappa shape index (κ2) is 2.80. The fourth-order valence-corrected chi connectivity index (χ4v) is 1.38. The van der Waals surface area contributed by atoms with E-state index in [1.807, 2.05) is 0 Å². The normalized spacial score (nSPS) is 13.9. The lowest BCUT2D eigenvalue weighted by Gasteiger charge is -2.04. The van der Waals surface area contributed by atoms with E-state index in [0.717, 1.165) is 0 Å². The summed E-state index contributed by atoms with van der Waals surface area (Å²) in [4.78, 5) is 26.1. The third kappa shape index (κ3) is 0.985. The zero-order chi connectivity index (χ0) is 10.3. The zero-order valence-corrected chi connectivity index (χ0v) is 7.66. The number of fused-ring (bicyclic) bond motifs is 1. The van der Waals surface area contributed by atoms with Gasteiger partial charge in [0.1, 0.15) is 5.75 Å². The highest BCUT2D eigenvalue weighted by molar-refractivity contribution is 6.14. The first-order valence-electron chi connectivity index (χ1n) is 3.95. The summed E-state index contributed by atoms with van der Waals surface area (Å²) in [5, 5.41) is 0. The van der Waals surface area contributed by atoms with E-state index in [0.29, 0.717) is 11.3 Å². The average Bonchev–Trinajstić information content (AvgIpc) is 2.44. The fourth-order valence-electron chi connectivity index (χ4n) is 1.38. The Hall–Kier alpha value is -1.91. The van der Waals surface area contributed by atoms with Crippen molar-refractivity contribution >= 4 is 11.9 Å². The molecule has 0 unspecified atom stereocenters. The smallest absolute Gasteiger partial charge is 0.365 e. The summed E-state index contributed by atoms with van der Waals surface area (Å²) in [6.45, 7) is 1.68. The summed E-state index contributed by atoms with van der Waals surface area (Å²) >= 11 is 0. The molecule has 0 radical (unpaired) electrons. The van der Waals surface area contributed by atoms with Crippen LogP contribution in [0.3, 0.4) is 0 Å². The minimum absolute atomic E-state index is 0.0632. The first-order valence-corrected chi connectivity index (χ1v) is 3.95. The Morgan fingerprint density at radius 1 is 1.36 bits per heavy atom. The largest absolute Gasteiger partial charge is 0.495 e. The molecule has 5 heteroatoms. The molecule has 0 spiro atoms. The summed E-state index contributed by atoms with van der Waals surface area (Å²) < 4.78 is 9.39. The van der Waals surface area contributed by atoms with Crippen LogP contribution in [0.4, 0.5) is 0 Å². The Labute approximate surface area is 79.7 Å². The van der Waals surface area contributed by atoms with Crippen LogP contribution in [0.15, 0.2) is 6.20 Å². The Bertz CT molecular complexity index is 439. The van der Waals surface area contributed by atoms with Gasteiger partial charge in [0.2, 0.25) is 0 Å². The van der Waals surface area contributed by atoms with Gasteiger partial charge in [-0.15, -0.1) is 0 Å². The van der Waals surface area contributed by atoms with E-state index < -0.39 is 11.9 Å². The van der Waals surface area contributed by atoms with Crippen LogP contribution in [-0.4, -0.2) is 24.0 Å². The molecule has 0 saturated carbocycles. The van der Waals surface area contributed by atoms with Crippen LogP contribution in [0.2, 0.25) is 0 Å². The van der Waals surface area contributed by atoms with Crippen LogP contribution < -0.4 is 4.74 Å². The second-order valence-electron chi connectivity index (χ2n) is 2.85. The van der Waals surface area contributed by atoms with Crippen LogP contribution in [0.25, 0.3) is 0 Å². The highest BCUT2D eigenvalue weighted by atomic mass is 16.6. The molecular weight excluding hydrogens is 186 g/mol. The molecule has 1 aliphatic rings. The summed E-state index contributed by atoms with van der Waals surface area (Å²) in [6.07, 6.45) is 1.40. The minimum Gasteiger partial charge on any atom is -0.495 e. The van der Waals surface area contributed by atoms with Crippen molar-refractivity contribution in [3.63, 3.8) is 0 Å². The number of carbonyl (C=O) groups is 2. The van der Waals surface area contributed by atoms with Gasteiger partial charge in [0.25, 0.3) is 0 Å². The first-order chi connectivity index (χ1) is 6.65. The number of aromatic nitrogens is 1. The molecule has 0 atom stereocenters. The third-order valence-corrected chi connectivity index (χ3v) is 2.10. The Morgan fingerprint density at radius 3 is 2.71 bits per heavy atom. The van der Waals surface area contributed by atoms with E-state index in [1.54, 1.807) is 6.92 Å². The standard InChI is InChI=1S/C9H7NO4/c1-4-5(13-2)3-10-7-6(4)8(11)14-9(7)12/h3H,1-2H3. The summed E-state index contributed by atoms with van der Waals surface area (Å²) in [6, 6.07) is 0. The maximum absolute atomic E-state index is 11.2. The van der Waals surface area contributed by atoms with Crippen LogP contribution in [-0.2, 0) is 4.74 Å². The van der Waals surface area contributed by atoms with E-state index in [1.165, 1.54) is 13.3 Å². The molecule has 0 N–H and O–H groups in total. The van der Waals surface area contributed by atoms with Crippen molar-refractivity contribution in [3.8, 4) is 5.75 Å². The van der Waals surface area contributed by atoms with Gasteiger partial charge in [-0.2, -0.15) is 0 Å². The van der Waals surface area contributed by atoms with Crippen molar-refractivity contribution in [1.82, 2.24) is 4.98 Å². The molecule has 14 heavy (non-hydrogen) atoms. The van der Waals surface area contributed by atoms with Crippen LogP contribution in [0.1, 0.15) is 26.4 Å². The second-order valence-corrected chi connectivity index (χ2v) is 2.85.